The molecule has 1 fully saturated rings. The molecule has 3 heteroatoms. The SMILES string of the molecule is COC(=O)C1CCCC1C#N. The molecule has 0 aromatic carbocycles. The van der Waals surface area contributed by atoms with E-state index in [1.54, 1.807) is 0 Å². The van der Waals surface area contributed by atoms with Crippen LogP contribution in [-0.4, -0.2) is 13.1 Å². The highest BCUT2D eigenvalue weighted by Crippen LogP contribution is 2.31. The van der Waals surface area contributed by atoms with Crippen molar-refractivity contribution in [2.45, 2.75) is 19.3 Å². The van der Waals surface area contributed by atoms with Crippen LogP contribution in [0.2, 0.25) is 0 Å². The highest BCUT2D eigenvalue weighted by atomic mass is 16.5. The van der Waals surface area contributed by atoms with Gasteiger partial charge in [0.15, 0.2) is 0 Å². The maximum absolute atomic E-state index is 11.0. The van der Waals surface area contributed by atoms with Crippen molar-refractivity contribution >= 4 is 5.97 Å². The highest BCUT2D eigenvalue weighted by molar-refractivity contribution is 5.73. The third-order valence-corrected chi connectivity index (χ3v) is 2.19. The number of nitrogens with zero attached hydrogens (tertiary/aromatic N) is 1. The zero-order chi connectivity index (χ0) is 8.27. The lowest BCUT2D eigenvalue weighted by Gasteiger charge is -2.08. The van der Waals surface area contributed by atoms with Gasteiger partial charge in [-0.2, -0.15) is 5.26 Å². The monoisotopic (exact) mass is 153 g/mol. The Morgan fingerprint density at radius 1 is 1.64 bits per heavy atom. The first-order valence-corrected chi connectivity index (χ1v) is 3.77. The van der Waals surface area contributed by atoms with Gasteiger partial charge in [-0.1, -0.05) is 6.42 Å². The minimum atomic E-state index is -0.228. The van der Waals surface area contributed by atoms with Crippen LogP contribution in [0.4, 0.5) is 0 Å². The number of hydrogen-bond donors (Lipinski definition) is 0. The molecule has 2 atom stereocenters. The van der Waals surface area contributed by atoms with Crippen molar-refractivity contribution in [3.05, 3.63) is 0 Å². The molecule has 11 heavy (non-hydrogen) atoms. The molecule has 60 valence electrons. The molecule has 0 N–H and O–H groups in total. The third-order valence-electron chi connectivity index (χ3n) is 2.19. The second-order valence-corrected chi connectivity index (χ2v) is 2.80. The quantitative estimate of drug-likeness (QED) is 0.530. The first-order valence-electron chi connectivity index (χ1n) is 3.77. The molecular weight excluding hydrogens is 142 g/mol. The number of carbonyl (C=O) groups excluding carboxylic acids is 1. The molecule has 0 bridgehead atoms. The number of hydrogen-bond acceptors (Lipinski definition) is 3. The standard InChI is InChI=1S/C8H11NO2/c1-11-8(10)7-4-2-3-6(7)5-9/h6-7H,2-4H2,1H3. The van der Waals surface area contributed by atoms with E-state index >= 15 is 0 Å². The van der Waals surface area contributed by atoms with Crippen molar-refractivity contribution in [2.75, 3.05) is 7.11 Å². The molecule has 1 aliphatic rings. The first-order chi connectivity index (χ1) is 5.29. The Balaban J connectivity index is 2.58. The van der Waals surface area contributed by atoms with Crippen molar-refractivity contribution in [1.29, 1.82) is 5.26 Å². The van der Waals surface area contributed by atoms with E-state index in [0.717, 1.165) is 19.3 Å². The van der Waals surface area contributed by atoms with Crippen LogP contribution in [0.15, 0.2) is 0 Å². The number of ether oxygens (including phenoxy) is 1. The Bertz CT molecular complexity index is 195. The maximum atomic E-state index is 11.0. The third kappa shape index (κ3) is 1.51. The van der Waals surface area contributed by atoms with E-state index in [-0.39, 0.29) is 17.8 Å². The van der Waals surface area contributed by atoms with E-state index < -0.39 is 0 Å². The summed E-state index contributed by atoms with van der Waals surface area (Å²) in [6, 6.07) is 2.13. The molecule has 2 unspecified atom stereocenters. The van der Waals surface area contributed by atoms with Gasteiger partial charge in [0.05, 0.1) is 25.0 Å². The van der Waals surface area contributed by atoms with Gasteiger partial charge in [0.1, 0.15) is 0 Å². The molecule has 0 heterocycles. The van der Waals surface area contributed by atoms with Crippen molar-refractivity contribution in [3.8, 4) is 6.07 Å². The van der Waals surface area contributed by atoms with Gasteiger partial charge in [0, 0.05) is 0 Å². The Hall–Kier alpha value is -1.04. The first kappa shape index (κ1) is 8.06. The zero-order valence-corrected chi connectivity index (χ0v) is 6.54. The molecule has 0 aromatic heterocycles. The summed E-state index contributed by atoms with van der Waals surface area (Å²) in [5.41, 5.74) is 0. The van der Waals surface area contributed by atoms with Crippen LogP contribution in [0.5, 0.6) is 0 Å². The molecule has 0 amide bonds. The normalized spacial score (nSPS) is 29.5. The number of nitriles is 1. The molecule has 0 aliphatic heterocycles. The second kappa shape index (κ2) is 3.38. The maximum Gasteiger partial charge on any atom is 0.309 e. The minimum Gasteiger partial charge on any atom is -0.469 e. The molecule has 1 rings (SSSR count). The Morgan fingerprint density at radius 2 is 2.36 bits per heavy atom. The predicted octanol–water partition coefficient (Wildman–Crippen LogP) is 1.10. The zero-order valence-electron chi connectivity index (χ0n) is 6.54. The lowest BCUT2D eigenvalue weighted by Crippen LogP contribution is -2.18. The smallest absolute Gasteiger partial charge is 0.309 e. The molecule has 1 saturated carbocycles. The topological polar surface area (TPSA) is 50.1 Å². The van der Waals surface area contributed by atoms with E-state index in [4.69, 9.17) is 5.26 Å². The van der Waals surface area contributed by atoms with Crippen molar-refractivity contribution in [2.24, 2.45) is 11.8 Å². The summed E-state index contributed by atoms with van der Waals surface area (Å²) in [5.74, 6) is -0.499. The van der Waals surface area contributed by atoms with E-state index in [0.29, 0.717) is 0 Å². The molecule has 0 radical (unpaired) electrons. The minimum absolute atomic E-state index is 0.109. The number of methoxy groups -OCH3 is 1. The summed E-state index contributed by atoms with van der Waals surface area (Å²) in [4.78, 5) is 11.0. The Labute approximate surface area is 66.0 Å². The summed E-state index contributed by atoms with van der Waals surface area (Å²) in [5, 5.41) is 8.62. The van der Waals surface area contributed by atoms with E-state index in [9.17, 15) is 4.79 Å². The van der Waals surface area contributed by atoms with Crippen LogP contribution >= 0.6 is 0 Å². The van der Waals surface area contributed by atoms with Gasteiger partial charge in [-0.15, -0.1) is 0 Å². The van der Waals surface area contributed by atoms with E-state index in [1.165, 1.54) is 7.11 Å². The van der Waals surface area contributed by atoms with Gasteiger partial charge in [0.25, 0.3) is 0 Å². The van der Waals surface area contributed by atoms with Crippen molar-refractivity contribution in [3.63, 3.8) is 0 Å². The van der Waals surface area contributed by atoms with Gasteiger partial charge in [-0.25, -0.2) is 0 Å². The molecule has 0 saturated heterocycles. The van der Waals surface area contributed by atoms with Crippen LogP contribution in [0.3, 0.4) is 0 Å². The summed E-state index contributed by atoms with van der Waals surface area (Å²) >= 11 is 0. The van der Waals surface area contributed by atoms with Gasteiger partial charge < -0.3 is 4.74 Å². The Kier molecular flexibility index (Phi) is 2.48. The van der Waals surface area contributed by atoms with E-state index in [2.05, 4.69) is 10.8 Å². The number of esters is 1. The largest absolute Gasteiger partial charge is 0.469 e. The van der Waals surface area contributed by atoms with Crippen LogP contribution < -0.4 is 0 Å². The van der Waals surface area contributed by atoms with Gasteiger partial charge >= 0.3 is 5.97 Å². The molecule has 1 aliphatic carbocycles. The van der Waals surface area contributed by atoms with Crippen molar-refractivity contribution in [1.82, 2.24) is 0 Å². The van der Waals surface area contributed by atoms with Gasteiger partial charge in [0.2, 0.25) is 0 Å². The Morgan fingerprint density at radius 3 is 2.91 bits per heavy atom. The lowest BCUT2D eigenvalue weighted by atomic mass is 9.98. The average molecular weight is 153 g/mol. The number of carbonyl (C=O) groups is 1. The molecule has 0 aromatic rings. The van der Waals surface area contributed by atoms with Gasteiger partial charge in [-0.05, 0) is 12.8 Å². The summed E-state index contributed by atoms with van der Waals surface area (Å²) in [6.45, 7) is 0. The van der Waals surface area contributed by atoms with Crippen LogP contribution in [-0.2, 0) is 9.53 Å². The number of rotatable bonds is 1. The van der Waals surface area contributed by atoms with Crippen LogP contribution in [0, 0.1) is 23.2 Å². The molecule has 3 nitrogen and oxygen atoms in total. The van der Waals surface area contributed by atoms with Gasteiger partial charge in [-0.3, -0.25) is 4.79 Å². The molecule has 0 spiro atoms. The molecular formula is C8H11NO2. The summed E-state index contributed by atoms with van der Waals surface area (Å²) in [7, 11) is 1.37. The average Bonchev–Trinajstić information content (AvgIpc) is 2.50. The fourth-order valence-electron chi connectivity index (χ4n) is 1.55. The predicted molar refractivity (Wildman–Crippen MR) is 38.5 cm³/mol. The van der Waals surface area contributed by atoms with E-state index in [1.807, 2.05) is 0 Å². The summed E-state index contributed by atoms with van der Waals surface area (Å²) in [6.07, 6.45) is 2.62. The second-order valence-electron chi connectivity index (χ2n) is 2.80. The lowest BCUT2D eigenvalue weighted by molar-refractivity contribution is -0.146. The highest BCUT2D eigenvalue weighted by Gasteiger charge is 2.33. The fraction of sp³-hybridized carbons (Fsp3) is 0.750. The summed E-state index contributed by atoms with van der Waals surface area (Å²) < 4.78 is 4.58. The van der Waals surface area contributed by atoms with Crippen molar-refractivity contribution < 1.29 is 9.53 Å². The van der Waals surface area contributed by atoms with Crippen LogP contribution in [0.1, 0.15) is 19.3 Å². The van der Waals surface area contributed by atoms with Crippen LogP contribution in [0.25, 0.3) is 0 Å². The fourth-order valence-corrected chi connectivity index (χ4v) is 1.55.